The highest BCUT2D eigenvalue weighted by Gasteiger charge is 2.07. The Bertz CT molecular complexity index is 593. The van der Waals surface area contributed by atoms with E-state index in [1.54, 1.807) is 18.5 Å². The van der Waals surface area contributed by atoms with Crippen molar-refractivity contribution in [1.82, 2.24) is 15.0 Å². The van der Waals surface area contributed by atoms with Gasteiger partial charge in [-0.2, -0.15) is 0 Å². The van der Waals surface area contributed by atoms with Crippen molar-refractivity contribution in [2.75, 3.05) is 13.2 Å². The summed E-state index contributed by atoms with van der Waals surface area (Å²) in [4.78, 5) is 12.8. The zero-order chi connectivity index (χ0) is 15.1. The minimum Gasteiger partial charge on any atom is -0.492 e. The van der Waals surface area contributed by atoms with Crippen LogP contribution in [0.25, 0.3) is 11.3 Å². The summed E-state index contributed by atoms with van der Waals surface area (Å²) in [5, 5.41) is 0.384. The third-order valence-corrected chi connectivity index (χ3v) is 2.85. The minimum atomic E-state index is 0.337. The van der Waals surface area contributed by atoms with Gasteiger partial charge in [0.2, 0.25) is 0 Å². The highest BCUT2D eigenvalue weighted by atomic mass is 35.5. The third kappa shape index (κ3) is 4.65. The molecule has 0 atom stereocenters. The second-order valence-electron chi connectivity index (χ2n) is 4.39. The molecule has 112 valence electrons. The number of nitrogens with zero attached hydrogens (tertiary/aromatic N) is 3. The number of ether oxygens (including phenoxy) is 2. The predicted octanol–water partition coefficient (Wildman–Crippen LogP) is 3.52. The molecule has 2 heterocycles. The number of hydrogen-bond donors (Lipinski definition) is 0. The van der Waals surface area contributed by atoms with Crippen LogP contribution in [0.4, 0.5) is 0 Å². The molecule has 5 nitrogen and oxygen atoms in total. The summed E-state index contributed by atoms with van der Waals surface area (Å²) >= 11 is 6.04. The van der Waals surface area contributed by atoms with Crippen LogP contribution in [-0.2, 0) is 11.3 Å². The summed E-state index contributed by atoms with van der Waals surface area (Å²) in [6.07, 6.45) is 4.35. The van der Waals surface area contributed by atoms with Crippen LogP contribution in [-0.4, -0.2) is 28.2 Å². The van der Waals surface area contributed by atoms with E-state index < -0.39 is 0 Å². The Morgan fingerprint density at radius 2 is 2.00 bits per heavy atom. The number of pyridine rings is 1. The van der Waals surface area contributed by atoms with Gasteiger partial charge in [-0.25, -0.2) is 9.97 Å². The van der Waals surface area contributed by atoms with Crippen LogP contribution in [0.5, 0.6) is 5.75 Å². The molecular weight excluding hydrogens is 290 g/mol. The molecule has 0 N–H and O–H groups in total. The number of aromatic nitrogens is 3. The first-order chi connectivity index (χ1) is 10.2. The first kappa shape index (κ1) is 15.7. The Morgan fingerprint density at radius 3 is 2.76 bits per heavy atom. The lowest BCUT2D eigenvalue weighted by atomic mass is 10.2. The fourth-order valence-corrected chi connectivity index (χ4v) is 1.93. The van der Waals surface area contributed by atoms with Crippen LogP contribution in [0.15, 0.2) is 24.5 Å². The molecule has 0 bridgehead atoms. The monoisotopic (exact) mass is 307 g/mol. The molecule has 0 fully saturated rings. The molecule has 0 radical (unpaired) electrons. The molecule has 21 heavy (non-hydrogen) atoms. The molecule has 0 aliphatic rings. The fraction of sp³-hybridized carbons (Fsp3) is 0.400. The molecule has 0 aromatic carbocycles. The zero-order valence-electron chi connectivity index (χ0n) is 12.2. The van der Waals surface area contributed by atoms with E-state index in [-0.39, 0.29) is 0 Å². The van der Waals surface area contributed by atoms with Crippen LogP contribution < -0.4 is 4.74 Å². The molecule has 2 rings (SSSR count). The molecule has 0 unspecified atom stereocenters. The third-order valence-electron chi connectivity index (χ3n) is 2.66. The molecule has 0 aliphatic heterocycles. The maximum absolute atomic E-state index is 6.04. The standard InChI is InChI=1S/C15H18ClN3O2/c1-3-5-21-12-6-11(8-17-9-12)13-7-14(16)19-15(18-13)10-20-4-2/h6-9H,3-5,10H2,1-2H3. The first-order valence-corrected chi connectivity index (χ1v) is 7.30. The summed E-state index contributed by atoms with van der Waals surface area (Å²) in [6.45, 7) is 5.58. The normalized spacial score (nSPS) is 10.6. The van der Waals surface area contributed by atoms with Gasteiger partial charge in [0.05, 0.1) is 18.5 Å². The molecule has 2 aromatic heterocycles. The van der Waals surface area contributed by atoms with Gasteiger partial charge in [-0.1, -0.05) is 18.5 Å². The maximum atomic E-state index is 6.04. The summed E-state index contributed by atoms with van der Waals surface area (Å²) in [6, 6.07) is 3.60. The van der Waals surface area contributed by atoms with E-state index in [0.717, 1.165) is 17.7 Å². The van der Waals surface area contributed by atoms with E-state index in [9.17, 15) is 0 Å². The predicted molar refractivity (Wildman–Crippen MR) is 81.4 cm³/mol. The summed E-state index contributed by atoms with van der Waals surface area (Å²) < 4.78 is 10.9. The molecule has 2 aromatic rings. The fourth-order valence-electron chi connectivity index (χ4n) is 1.73. The van der Waals surface area contributed by atoms with Crippen molar-refractivity contribution in [3.05, 3.63) is 35.5 Å². The van der Waals surface area contributed by atoms with Crippen molar-refractivity contribution in [1.29, 1.82) is 0 Å². The lowest BCUT2D eigenvalue weighted by Gasteiger charge is -2.08. The number of rotatable bonds is 7. The Hall–Kier alpha value is -1.72. The molecule has 0 amide bonds. The van der Waals surface area contributed by atoms with Crippen LogP contribution in [0.3, 0.4) is 0 Å². The van der Waals surface area contributed by atoms with Gasteiger partial charge in [0, 0.05) is 24.4 Å². The van der Waals surface area contributed by atoms with Crippen LogP contribution >= 0.6 is 11.6 Å². The zero-order valence-corrected chi connectivity index (χ0v) is 12.9. The quantitative estimate of drug-likeness (QED) is 0.733. The Kier molecular flexibility index (Phi) is 5.90. The molecular formula is C15H18ClN3O2. The average molecular weight is 308 g/mol. The second-order valence-corrected chi connectivity index (χ2v) is 4.77. The highest BCUT2D eigenvalue weighted by Crippen LogP contribution is 2.23. The van der Waals surface area contributed by atoms with Gasteiger partial charge >= 0.3 is 0 Å². The highest BCUT2D eigenvalue weighted by molar-refractivity contribution is 6.29. The van der Waals surface area contributed by atoms with Gasteiger partial charge in [-0.05, 0) is 19.4 Å². The van der Waals surface area contributed by atoms with Crippen LogP contribution in [0, 0.1) is 0 Å². The first-order valence-electron chi connectivity index (χ1n) is 6.92. The Morgan fingerprint density at radius 1 is 1.14 bits per heavy atom. The van der Waals surface area contributed by atoms with Crippen molar-refractivity contribution in [3.63, 3.8) is 0 Å². The molecule has 0 aliphatic carbocycles. The van der Waals surface area contributed by atoms with Gasteiger partial charge in [0.25, 0.3) is 0 Å². The maximum Gasteiger partial charge on any atom is 0.156 e. The van der Waals surface area contributed by atoms with E-state index in [1.807, 2.05) is 13.0 Å². The van der Waals surface area contributed by atoms with Crippen molar-refractivity contribution in [3.8, 4) is 17.0 Å². The van der Waals surface area contributed by atoms with Crippen LogP contribution in [0.2, 0.25) is 5.15 Å². The summed E-state index contributed by atoms with van der Waals surface area (Å²) in [7, 11) is 0. The Labute approximate surface area is 129 Å². The van der Waals surface area contributed by atoms with E-state index in [1.165, 1.54) is 0 Å². The molecule has 0 spiro atoms. The largest absolute Gasteiger partial charge is 0.492 e. The second kappa shape index (κ2) is 7.90. The van der Waals surface area contributed by atoms with Crippen molar-refractivity contribution in [2.45, 2.75) is 26.9 Å². The molecule has 0 saturated heterocycles. The van der Waals surface area contributed by atoms with E-state index in [2.05, 4.69) is 21.9 Å². The molecule has 0 saturated carbocycles. The lowest BCUT2D eigenvalue weighted by molar-refractivity contribution is 0.128. The van der Waals surface area contributed by atoms with Gasteiger partial charge in [0.15, 0.2) is 5.82 Å². The van der Waals surface area contributed by atoms with Crippen molar-refractivity contribution >= 4 is 11.6 Å². The average Bonchev–Trinajstić information content (AvgIpc) is 2.50. The topological polar surface area (TPSA) is 57.1 Å². The smallest absolute Gasteiger partial charge is 0.156 e. The minimum absolute atomic E-state index is 0.337. The van der Waals surface area contributed by atoms with Crippen molar-refractivity contribution < 1.29 is 9.47 Å². The van der Waals surface area contributed by atoms with E-state index in [4.69, 9.17) is 21.1 Å². The van der Waals surface area contributed by atoms with Crippen LogP contribution in [0.1, 0.15) is 26.1 Å². The van der Waals surface area contributed by atoms with Gasteiger partial charge < -0.3 is 9.47 Å². The van der Waals surface area contributed by atoms with E-state index in [0.29, 0.717) is 36.5 Å². The van der Waals surface area contributed by atoms with Crippen molar-refractivity contribution in [2.24, 2.45) is 0 Å². The number of hydrogen-bond acceptors (Lipinski definition) is 5. The van der Waals surface area contributed by atoms with Gasteiger partial charge in [-0.15, -0.1) is 0 Å². The van der Waals surface area contributed by atoms with Gasteiger partial charge in [-0.3, -0.25) is 4.98 Å². The number of halogens is 1. The summed E-state index contributed by atoms with van der Waals surface area (Å²) in [5.41, 5.74) is 1.55. The lowest BCUT2D eigenvalue weighted by Crippen LogP contribution is -2.01. The van der Waals surface area contributed by atoms with E-state index >= 15 is 0 Å². The Balaban J connectivity index is 2.26. The summed E-state index contributed by atoms with van der Waals surface area (Å²) in [5.74, 6) is 1.27. The molecule has 6 heteroatoms. The SMILES string of the molecule is CCCOc1cncc(-c2cc(Cl)nc(COCC)n2)c1. The van der Waals surface area contributed by atoms with Gasteiger partial charge in [0.1, 0.15) is 17.5 Å².